The molecule has 0 aromatic heterocycles. The highest BCUT2D eigenvalue weighted by Gasteiger charge is 1.50. The molecular weight excluding hydrogens is 294 g/mol. The van der Waals surface area contributed by atoms with Crippen molar-refractivity contribution < 1.29 is 0 Å². The summed E-state index contributed by atoms with van der Waals surface area (Å²) in [5.74, 6) is 0. The molecule has 0 amide bonds. The lowest BCUT2D eigenvalue weighted by Gasteiger charge is -1.69. The molecule has 0 unspecified atom stereocenters. The fourth-order valence-corrected chi connectivity index (χ4v) is 0.830. The summed E-state index contributed by atoms with van der Waals surface area (Å²) in [6.45, 7) is 0. The highest BCUT2D eigenvalue weighted by Crippen LogP contribution is 1.75. The third-order valence-electron chi connectivity index (χ3n) is 0.0976. The quantitative estimate of drug-likeness (QED) is 0.335. The van der Waals surface area contributed by atoms with Gasteiger partial charge < -0.3 is 3.53 Å². The Balaban J connectivity index is 2.62. The average molecular weight is 296 g/mol. The third-order valence-corrected chi connectivity index (χ3v) is 0.655. The van der Waals surface area contributed by atoms with Gasteiger partial charge in [-0.15, -0.1) is 0 Å². The Morgan fingerprint density at radius 2 is 2.40 bits per heavy atom. The van der Waals surface area contributed by atoms with Crippen LogP contribution in [0, 0.1) is 0 Å². The van der Waals surface area contributed by atoms with E-state index in [1.807, 2.05) is 45.7 Å². The van der Waals surface area contributed by atoms with Crippen LogP contribution in [0.15, 0.2) is 3.21 Å². The van der Waals surface area contributed by atoms with Crippen LogP contribution in [0.2, 0.25) is 0 Å². The van der Waals surface area contributed by atoms with Crippen molar-refractivity contribution in [1.29, 1.82) is 0 Å². The maximum Gasteiger partial charge on any atom is 0.103 e. The molecule has 0 saturated carbocycles. The monoisotopic (exact) mass is 296 g/mol. The van der Waals surface area contributed by atoms with Gasteiger partial charge in [-0.2, -0.15) is 0 Å². The van der Waals surface area contributed by atoms with Crippen molar-refractivity contribution in [3.63, 3.8) is 0 Å². The molecule has 0 aromatic rings. The summed E-state index contributed by atoms with van der Waals surface area (Å²) >= 11 is 3.87. The molecule has 0 aliphatic carbocycles. The molecule has 5 heavy (non-hydrogen) atoms. The van der Waals surface area contributed by atoms with Crippen LogP contribution < -0.4 is 3.53 Å². The molecule has 30 valence electrons. The number of nitrogens with zero attached hydrogens (tertiary/aromatic N) is 1. The molecule has 0 fully saturated rings. The van der Waals surface area contributed by atoms with Gasteiger partial charge in [0.2, 0.25) is 0 Å². The van der Waals surface area contributed by atoms with Gasteiger partial charge in [-0.25, -0.2) is 3.21 Å². The van der Waals surface area contributed by atoms with E-state index < -0.39 is 0 Å². The molecule has 4 heteroatoms. The molecule has 0 saturated heterocycles. The Bertz CT molecular complexity index is 34.6. The molecule has 2 nitrogen and oxygen atoms in total. The van der Waals surface area contributed by atoms with Crippen LogP contribution in [0.5, 0.6) is 0 Å². The molecule has 0 spiro atoms. The van der Waals surface area contributed by atoms with Crippen molar-refractivity contribution in [2.75, 3.05) is 0 Å². The van der Waals surface area contributed by atoms with E-state index >= 15 is 0 Å². The van der Waals surface area contributed by atoms with E-state index in [1.54, 1.807) is 6.34 Å². The maximum absolute atomic E-state index is 3.58. The van der Waals surface area contributed by atoms with Crippen LogP contribution in [0.1, 0.15) is 0 Å². The Labute approximate surface area is 58.4 Å². The molecule has 0 aliphatic rings. The van der Waals surface area contributed by atoms with E-state index in [1.165, 1.54) is 0 Å². The fourth-order valence-electron chi connectivity index (χ4n) is 0.0184. The normalized spacial score (nSPS) is 9.20. The minimum absolute atomic E-state index is 1.60. The first-order valence-corrected chi connectivity index (χ1v) is 2.95. The van der Waals surface area contributed by atoms with Crippen LogP contribution in [-0.2, 0) is 0 Å². The topological polar surface area (TPSA) is 24.4 Å². The third kappa shape index (κ3) is 4.93. The molecule has 0 radical (unpaired) electrons. The number of hydrogen-bond acceptors (Lipinski definition) is 1. The van der Waals surface area contributed by atoms with Gasteiger partial charge in [0.05, 0.1) is 45.7 Å². The van der Waals surface area contributed by atoms with Crippen LogP contribution in [-0.4, -0.2) is 6.34 Å². The van der Waals surface area contributed by atoms with Crippen LogP contribution in [0.4, 0.5) is 0 Å². The second-order valence-corrected chi connectivity index (χ2v) is 1.52. The van der Waals surface area contributed by atoms with Gasteiger partial charge in [0.15, 0.2) is 0 Å². The predicted molar refractivity (Wildman–Crippen MR) is 39.7 cm³/mol. The lowest BCUT2D eigenvalue weighted by Crippen LogP contribution is -1.86. The van der Waals surface area contributed by atoms with Gasteiger partial charge in [-0.05, 0) is 0 Å². The Morgan fingerprint density at radius 3 is 2.40 bits per heavy atom. The summed E-state index contributed by atoms with van der Waals surface area (Å²) in [6, 6.07) is 0. The maximum atomic E-state index is 3.58. The van der Waals surface area contributed by atoms with Crippen molar-refractivity contribution in [1.82, 2.24) is 3.53 Å². The summed E-state index contributed by atoms with van der Waals surface area (Å²) < 4.78 is 6.27. The molecule has 1 N–H and O–H groups in total. The summed E-state index contributed by atoms with van der Waals surface area (Å²) in [6.07, 6.45) is 1.60. The molecule has 0 bridgehead atoms. The van der Waals surface area contributed by atoms with Crippen molar-refractivity contribution in [3.8, 4) is 0 Å². The highest BCUT2D eigenvalue weighted by molar-refractivity contribution is 14.1. The van der Waals surface area contributed by atoms with Crippen molar-refractivity contribution >= 4 is 52.1 Å². The van der Waals surface area contributed by atoms with Gasteiger partial charge in [-0.1, -0.05) is 0 Å². The first-order chi connectivity index (χ1) is 2.41. The van der Waals surface area contributed by atoms with Crippen LogP contribution in [0.25, 0.3) is 0 Å². The molecule has 0 atom stereocenters. The Morgan fingerprint density at radius 1 is 1.80 bits per heavy atom. The summed E-state index contributed by atoms with van der Waals surface area (Å²) in [5.41, 5.74) is 0. The zero-order valence-electron chi connectivity index (χ0n) is 2.28. The molecule has 0 rings (SSSR count). The zero-order chi connectivity index (χ0) is 4.12. The number of nitrogens with one attached hydrogen (secondary N) is 1. The van der Waals surface area contributed by atoms with Crippen LogP contribution in [0.3, 0.4) is 0 Å². The van der Waals surface area contributed by atoms with Crippen LogP contribution >= 0.6 is 45.7 Å². The van der Waals surface area contributed by atoms with Crippen molar-refractivity contribution in [2.45, 2.75) is 0 Å². The SMILES string of the molecule is IN=CNI. The lowest BCUT2D eigenvalue weighted by atomic mass is 11.4. The Kier molecular flexibility index (Phi) is 5.85. The number of hydrogen-bond donors (Lipinski definition) is 1. The van der Waals surface area contributed by atoms with Crippen molar-refractivity contribution in [3.05, 3.63) is 0 Å². The smallest absolute Gasteiger partial charge is 0.103 e. The van der Waals surface area contributed by atoms with Gasteiger partial charge in [0, 0.05) is 0 Å². The largest absolute Gasteiger partial charge is 0.319 e. The summed E-state index contributed by atoms with van der Waals surface area (Å²) in [5, 5.41) is 0. The van der Waals surface area contributed by atoms with E-state index in [9.17, 15) is 0 Å². The van der Waals surface area contributed by atoms with E-state index in [2.05, 4.69) is 6.74 Å². The minimum atomic E-state index is 1.60. The summed E-state index contributed by atoms with van der Waals surface area (Å²) in [4.78, 5) is 0. The number of rotatable bonds is 1. The number of halogens is 2. The highest BCUT2D eigenvalue weighted by atomic mass is 127. The molecule has 0 aliphatic heterocycles. The zero-order valence-corrected chi connectivity index (χ0v) is 6.60. The Hall–Kier alpha value is 0.930. The van der Waals surface area contributed by atoms with Gasteiger partial charge in [-0.3, -0.25) is 0 Å². The first-order valence-electron chi connectivity index (χ1n) is 0.905. The second kappa shape index (κ2) is 4.93. The van der Waals surface area contributed by atoms with E-state index in [-0.39, 0.29) is 0 Å². The molecular formula is CH2I2N2. The predicted octanol–water partition coefficient (Wildman–Crippen LogP) is 1.30. The van der Waals surface area contributed by atoms with Crippen molar-refractivity contribution in [2.24, 2.45) is 3.21 Å². The van der Waals surface area contributed by atoms with Gasteiger partial charge in [0.25, 0.3) is 0 Å². The second-order valence-electron chi connectivity index (χ2n) is 0.336. The van der Waals surface area contributed by atoms with Gasteiger partial charge in [0.1, 0.15) is 6.34 Å². The van der Waals surface area contributed by atoms with Gasteiger partial charge >= 0.3 is 0 Å². The lowest BCUT2D eigenvalue weighted by molar-refractivity contribution is 1.70. The molecule has 0 aromatic carbocycles. The standard InChI is InChI=1S/CH2I2N2/c2-4-1-5-3/h1H,(H,4,5). The fraction of sp³-hybridized carbons (Fsp3) is 0. The van der Waals surface area contributed by atoms with E-state index in [4.69, 9.17) is 0 Å². The first kappa shape index (κ1) is 5.93. The summed E-state index contributed by atoms with van der Waals surface area (Å²) in [7, 11) is 0. The van der Waals surface area contributed by atoms with E-state index in [0.29, 0.717) is 0 Å². The molecule has 0 heterocycles. The van der Waals surface area contributed by atoms with E-state index in [0.717, 1.165) is 0 Å². The average Bonchev–Trinajstić information content (AvgIpc) is 1.41. The minimum Gasteiger partial charge on any atom is -0.319 e.